The van der Waals surface area contributed by atoms with Crippen LogP contribution in [0.2, 0.25) is 5.02 Å². The number of ether oxygens (including phenoxy) is 1. The molecule has 13 heteroatoms. The van der Waals surface area contributed by atoms with Gasteiger partial charge in [-0.2, -0.15) is 23.5 Å². The van der Waals surface area contributed by atoms with Gasteiger partial charge in [0.05, 0.1) is 20.8 Å². The van der Waals surface area contributed by atoms with E-state index in [1.165, 1.54) is 23.2 Å². The topological polar surface area (TPSA) is 121 Å². The third-order valence-corrected chi connectivity index (χ3v) is 8.73. The highest BCUT2D eigenvalue weighted by Gasteiger charge is 2.36. The van der Waals surface area contributed by atoms with Gasteiger partial charge in [0.15, 0.2) is 17.3 Å². The highest BCUT2D eigenvalue weighted by molar-refractivity contribution is 14.1. The molecule has 0 atom stereocenters. The number of amides is 1. The van der Waals surface area contributed by atoms with Gasteiger partial charge in [0.25, 0.3) is 5.91 Å². The van der Waals surface area contributed by atoms with Crippen LogP contribution in [-0.2, 0) is 14.9 Å². The summed E-state index contributed by atoms with van der Waals surface area (Å²) in [5, 5.41) is 15.7. The van der Waals surface area contributed by atoms with Crippen LogP contribution in [0.15, 0.2) is 87.3 Å². The summed E-state index contributed by atoms with van der Waals surface area (Å²) in [5.41, 5.74) is 1.16. The van der Waals surface area contributed by atoms with Crippen LogP contribution in [0, 0.1) is 8.98 Å². The number of hydrazone groups is 1. The summed E-state index contributed by atoms with van der Waals surface area (Å²) in [7, 11) is -4.11. The fourth-order valence-corrected chi connectivity index (χ4v) is 6.74. The highest BCUT2D eigenvalue weighted by atomic mass is 127. The maximum absolute atomic E-state index is 12.9. The number of amidine groups is 2. The lowest BCUT2D eigenvalue weighted by molar-refractivity contribution is -0.114. The predicted molar refractivity (Wildman–Crippen MR) is 160 cm³/mol. The van der Waals surface area contributed by atoms with Crippen molar-refractivity contribution < 1.29 is 22.1 Å². The van der Waals surface area contributed by atoms with Gasteiger partial charge in [-0.25, -0.2) is 0 Å². The number of aliphatic imine (C=N–C) groups is 1. The predicted octanol–water partition coefficient (Wildman–Crippen LogP) is 5.78. The first kappa shape index (κ1) is 27.4. The number of thioether (sulfide) groups is 1. The fourth-order valence-electron chi connectivity index (χ4n) is 3.66. The van der Waals surface area contributed by atoms with Crippen LogP contribution in [-0.4, -0.2) is 42.0 Å². The van der Waals surface area contributed by atoms with E-state index < -0.39 is 16.0 Å². The second-order valence-electron chi connectivity index (χ2n) is 8.02. The molecular formula is C26H18ClIN4O5S2. The van der Waals surface area contributed by atoms with E-state index >= 15 is 0 Å². The van der Waals surface area contributed by atoms with Gasteiger partial charge >= 0.3 is 10.1 Å². The Bertz CT molecular complexity index is 1710. The quantitative estimate of drug-likeness (QED) is 0.189. The third kappa shape index (κ3) is 5.60. The number of nitrogens with zero attached hydrogens (tertiary/aromatic N) is 3. The smallest absolute Gasteiger partial charge is 0.339 e. The SMILES string of the molecule is CCOc1cc(/C=C2/C(=N)N3N=C(c4ccccc4Cl)SC3=NC2=O)cc(I)c1OS(=O)(=O)c1ccccc1. The van der Waals surface area contributed by atoms with Crippen molar-refractivity contribution in [1.29, 1.82) is 5.41 Å². The van der Waals surface area contributed by atoms with E-state index in [4.69, 9.17) is 25.9 Å². The van der Waals surface area contributed by atoms with Gasteiger partial charge < -0.3 is 8.92 Å². The molecule has 2 heterocycles. The summed E-state index contributed by atoms with van der Waals surface area (Å²) in [6.07, 6.45) is 1.48. The monoisotopic (exact) mass is 692 g/mol. The van der Waals surface area contributed by atoms with Crippen molar-refractivity contribution in [3.63, 3.8) is 0 Å². The molecule has 2 aliphatic heterocycles. The summed E-state index contributed by atoms with van der Waals surface area (Å²) in [4.78, 5) is 17.0. The van der Waals surface area contributed by atoms with E-state index in [2.05, 4.69) is 10.1 Å². The molecule has 1 N–H and O–H groups in total. The Morgan fingerprint density at radius 1 is 1.13 bits per heavy atom. The average Bonchev–Trinajstić information content (AvgIpc) is 3.33. The number of benzene rings is 3. The van der Waals surface area contributed by atoms with Gasteiger partial charge in [-0.15, -0.1) is 0 Å². The molecule has 0 saturated heterocycles. The number of fused-ring (bicyclic) bond motifs is 1. The van der Waals surface area contributed by atoms with Gasteiger partial charge in [-0.3, -0.25) is 10.2 Å². The van der Waals surface area contributed by atoms with Crippen molar-refractivity contribution in [2.45, 2.75) is 11.8 Å². The molecule has 2 aliphatic rings. The molecule has 0 unspecified atom stereocenters. The molecule has 1 amide bonds. The first-order valence-electron chi connectivity index (χ1n) is 11.4. The molecule has 39 heavy (non-hydrogen) atoms. The van der Waals surface area contributed by atoms with Crippen LogP contribution in [0.3, 0.4) is 0 Å². The lowest BCUT2D eigenvalue weighted by atomic mass is 10.1. The summed E-state index contributed by atoms with van der Waals surface area (Å²) in [5.74, 6) is -0.557. The minimum absolute atomic E-state index is 0.00422. The molecule has 3 aromatic carbocycles. The van der Waals surface area contributed by atoms with Crippen molar-refractivity contribution in [1.82, 2.24) is 5.01 Å². The van der Waals surface area contributed by atoms with E-state index in [0.717, 1.165) is 11.8 Å². The first-order valence-corrected chi connectivity index (χ1v) is 15.1. The van der Waals surface area contributed by atoms with E-state index in [9.17, 15) is 13.2 Å². The van der Waals surface area contributed by atoms with Gasteiger partial charge in [-0.05, 0) is 83.2 Å². The highest BCUT2D eigenvalue weighted by Crippen LogP contribution is 2.38. The molecule has 0 bridgehead atoms. The number of hydrogen-bond acceptors (Lipinski definition) is 8. The lowest BCUT2D eigenvalue weighted by Crippen LogP contribution is -2.35. The summed E-state index contributed by atoms with van der Waals surface area (Å²) in [6, 6.07) is 18.1. The van der Waals surface area contributed by atoms with Gasteiger partial charge in [0.2, 0.25) is 5.17 Å². The summed E-state index contributed by atoms with van der Waals surface area (Å²) in [6.45, 7) is 1.99. The Hall–Kier alpha value is -3.20. The van der Waals surface area contributed by atoms with Crippen LogP contribution < -0.4 is 8.92 Å². The van der Waals surface area contributed by atoms with Crippen LogP contribution in [0.1, 0.15) is 18.1 Å². The van der Waals surface area contributed by atoms with Crippen molar-refractivity contribution in [2.75, 3.05) is 6.61 Å². The van der Waals surface area contributed by atoms with Gasteiger partial charge in [-0.1, -0.05) is 48.0 Å². The number of halogens is 2. The zero-order valence-electron chi connectivity index (χ0n) is 20.1. The number of carbonyl (C=O) groups excluding carboxylic acids is 1. The van der Waals surface area contributed by atoms with E-state index in [1.54, 1.807) is 55.5 Å². The molecular weight excluding hydrogens is 675 g/mol. The van der Waals surface area contributed by atoms with E-state index in [-0.39, 0.29) is 39.6 Å². The van der Waals surface area contributed by atoms with Crippen molar-refractivity contribution in [3.05, 3.63) is 92.0 Å². The molecule has 9 nitrogen and oxygen atoms in total. The number of carbonyl (C=O) groups is 1. The molecule has 0 fully saturated rings. The molecule has 5 rings (SSSR count). The maximum atomic E-state index is 12.9. The lowest BCUT2D eigenvalue weighted by Gasteiger charge is -2.20. The van der Waals surface area contributed by atoms with Crippen molar-refractivity contribution in [3.8, 4) is 11.5 Å². The fraction of sp³-hybridized carbons (Fsp3) is 0.0769. The Labute approximate surface area is 247 Å². The zero-order chi connectivity index (χ0) is 27.7. The minimum atomic E-state index is -4.11. The maximum Gasteiger partial charge on any atom is 0.339 e. The first-order chi connectivity index (χ1) is 18.7. The van der Waals surface area contributed by atoms with Crippen molar-refractivity contribution >= 4 is 84.1 Å². The summed E-state index contributed by atoms with van der Waals surface area (Å²) < 4.78 is 37.3. The Kier molecular flexibility index (Phi) is 7.80. The second kappa shape index (κ2) is 11.1. The van der Waals surface area contributed by atoms with Crippen LogP contribution in [0.25, 0.3) is 6.08 Å². The molecule has 0 spiro atoms. The van der Waals surface area contributed by atoms with Crippen molar-refractivity contribution in [2.24, 2.45) is 10.1 Å². The number of rotatable bonds is 7. The number of hydrogen-bond donors (Lipinski definition) is 1. The Morgan fingerprint density at radius 2 is 1.85 bits per heavy atom. The molecule has 0 saturated carbocycles. The van der Waals surface area contributed by atoms with E-state index in [1.807, 2.05) is 28.7 Å². The van der Waals surface area contributed by atoms with Crippen LogP contribution in [0.5, 0.6) is 11.5 Å². The Morgan fingerprint density at radius 3 is 2.56 bits per heavy atom. The second-order valence-corrected chi connectivity index (χ2v) is 12.1. The number of nitrogens with one attached hydrogen (secondary N) is 1. The average molecular weight is 693 g/mol. The zero-order valence-corrected chi connectivity index (χ0v) is 24.6. The third-order valence-electron chi connectivity index (χ3n) is 5.43. The molecule has 0 radical (unpaired) electrons. The molecule has 3 aromatic rings. The van der Waals surface area contributed by atoms with Gasteiger partial charge in [0, 0.05) is 5.56 Å². The molecule has 198 valence electrons. The van der Waals surface area contributed by atoms with Gasteiger partial charge in [0.1, 0.15) is 9.94 Å². The van der Waals surface area contributed by atoms with Crippen LogP contribution in [0.4, 0.5) is 0 Å². The standard InChI is InChI=1S/C26H18ClIN4O5S2/c1-2-36-21-14-15(13-20(28)22(21)37-39(34,35)16-8-4-3-5-9-16)12-18-23(29)32-26(30-24(18)33)38-25(31-32)17-10-6-7-11-19(17)27/h3-14,29H,2H2,1H3/b18-12-,29-23?. The van der Waals surface area contributed by atoms with Crippen LogP contribution >= 0.6 is 46.0 Å². The largest absolute Gasteiger partial charge is 0.490 e. The normalized spacial score (nSPS) is 16.2. The molecule has 0 aliphatic carbocycles. The van der Waals surface area contributed by atoms with E-state index in [0.29, 0.717) is 24.8 Å². The Balaban J connectivity index is 1.48. The summed E-state index contributed by atoms with van der Waals surface area (Å²) >= 11 is 9.39. The minimum Gasteiger partial charge on any atom is -0.490 e. The molecule has 0 aromatic heterocycles.